The molecule has 0 radical (unpaired) electrons. The Hall–Kier alpha value is -3.48. The van der Waals surface area contributed by atoms with Crippen LogP contribution in [0.3, 0.4) is 0 Å². The highest BCUT2D eigenvalue weighted by Crippen LogP contribution is 2.25. The van der Waals surface area contributed by atoms with Crippen molar-refractivity contribution in [2.45, 2.75) is 27.1 Å². The number of carbonyl (C=O) groups is 1. The maximum absolute atomic E-state index is 12.5. The molecule has 3 rings (SSSR count). The lowest BCUT2D eigenvalue weighted by Crippen LogP contribution is -2.07. The van der Waals surface area contributed by atoms with Gasteiger partial charge in [-0.2, -0.15) is 0 Å². The maximum Gasteiger partial charge on any atom is 0.338 e. The first-order chi connectivity index (χ1) is 14.0. The number of ether oxygens (including phenoxy) is 4. The van der Waals surface area contributed by atoms with Crippen molar-refractivity contribution in [3.05, 3.63) is 70.6 Å². The molecule has 7 nitrogen and oxygen atoms in total. The quantitative estimate of drug-likeness (QED) is 0.526. The van der Waals surface area contributed by atoms with Gasteiger partial charge in [-0.15, -0.1) is 0 Å². The molecule has 0 amide bonds. The molecule has 1 aromatic heterocycles. The molecule has 0 unspecified atom stereocenters. The molecular formula is C22H23NO6. The molecule has 0 N–H and O–H groups in total. The molecule has 1 heterocycles. The lowest BCUT2D eigenvalue weighted by molar-refractivity contribution is 0.0469. The molecule has 0 aliphatic carbocycles. The van der Waals surface area contributed by atoms with Gasteiger partial charge in [0, 0.05) is 5.56 Å². The summed E-state index contributed by atoms with van der Waals surface area (Å²) in [6, 6.07) is 12.2. The lowest BCUT2D eigenvalue weighted by Gasteiger charge is -2.11. The number of aromatic nitrogens is 1. The third-order valence-electron chi connectivity index (χ3n) is 4.48. The van der Waals surface area contributed by atoms with Crippen molar-refractivity contribution in [2.24, 2.45) is 0 Å². The SMILES string of the molecule is COc1ccc(OC)c(COC(=O)c2cccc(OCc3c(C)noc3C)c2)c1. The second-order valence-corrected chi connectivity index (χ2v) is 6.37. The summed E-state index contributed by atoms with van der Waals surface area (Å²) in [5, 5.41) is 3.91. The minimum absolute atomic E-state index is 0.0589. The van der Waals surface area contributed by atoms with E-state index in [1.807, 2.05) is 13.8 Å². The number of methoxy groups -OCH3 is 2. The molecule has 0 spiro atoms. The molecule has 29 heavy (non-hydrogen) atoms. The number of esters is 1. The minimum atomic E-state index is -0.460. The topological polar surface area (TPSA) is 80.0 Å². The van der Waals surface area contributed by atoms with Gasteiger partial charge in [0.05, 0.1) is 31.0 Å². The monoisotopic (exact) mass is 397 g/mol. The van der Waals surface area contributed by atoms with Crippen molar-refractivity contribution in [1.82, 2.24) is 5.16 Å². The first-order valence-electron chi connectivity index (χ1n) is 9.04. The smallest absolute Gasteiger partial charge is 0.338 e. The number of rotatable bonds is 8. The van der Waals surface area contributed by atoms with Gasteiger partial charge in [0.2, 0.25) is 0 Å². The predicted octanol–water partition coefficient (Wildman–Crippen LogP) is 4.24. The summed E-state index contributed by atoms with van der Waals surface area (Å²) >= 11 is 0. The summed E-state index contributed by atoms with van der Waals surface area (Å²) in [4.78, 5) is 12.5. The van der Waals surface area contributed by atoms with E-state index in [2.05, 4.69) is 5.16 Å². The van der Waals surface area contributed by atoms with E-state index < -0.39 is 5.97 Å². The molecular weight excluding hydrogens is 374 g/mol. The zero-order valence-electron chi connectivity index (χ0n) is 16.9. The minimum Gasteiger partial charge on any atom is -0.497 e. The normalized spacial score (nSPS) is 10.5. The average molecular weight is 397 g/mol. The van der Waals surface area contributed by atoms with E-state index in [1.165, 1.54) is 0 Å². The van der Waals surface area contributed by atoms with E-state index in [4.69, 9.17) is 23.5 Å². The third-order valence-corrected chi connectivity index (χ3v) is 4.48. The third kappa shape index (κ3) is 4.87. The summed E-state index contributed by atoms with van der Waals surface area (Å²) in [5.74, 6) is 2.09. The van der Waals surface area contributed by atoms with Crippen molar-refractivity contribution in [2.75, 3.05) is 14.2 Å². The van der Waals surface area contributed by atoms with Gasteiger partial charge in [-0.3, -0.25) is 0 Å². The molecule has 0 bridgehead atoms. The van der Waals surface area contributed by atoms with Crippen molar-refractivity contribution in [3.63, 3.8) is 0 Å². The zero-order chi connectivity index (χ0) is 20.8. The Morgan fingerprint density at radius 2 is 1.83 bits per heavy atom. The fraction of sp³-hybridized carbons (Fsp3) is 0.273. The molecule has 152 valence electrons. The standard InChI is InChI=1S/C22H23NO6/c1-14-20(15(2)29-23-14)13-27-19-7-5-6-16(10-19)22(24)28-12-17-11-18(25-3)8-9-21(17)26-4/h5-11H,12-13H2,1-4H3. The summed E-state index contributed by atoms with van der Waals surface area (Å²) in [7, 11) is 3.14. The van der Waals surface area contributed by atoms with Crippen LogP contribution < -0.4 is 14.2 Å². The number of hydrogen-bond acceptors (Lipinski definition) is 7. The van der Waals surface area contributed by atoms with Crippen LogP contribution in [0.4, 0.5) is 0 Å². The number of aryl methyl sites for hydroxylation is 2. The van der Waals surface area contributed by atoms with Crippen LogP contribution in [0.1, 0.15) is 32.9 Å². The fourth-order valence-corrected chi connectivity index (χ4v) is 2.80. The van der Waals surface area contributed by atoms with E-state index in [0.29, 0.717) is 40.7 Å². The van der Waals surface area contributed by atoms with E-state index in [-0.39, 0.29) is 6.61 Å². The highest BCUT2D eigenvalue weighted by molar-refractivity contribution is 5.89. The van der Waals surface area contributed by atoms with Crippen LogP contribution in [-0.2, 0) is 18.0 Å². The second-order valence-electron chi connectivity index (χ2n) is 6.37. The van der Waals surface area contributed by atoms with Crippen molar-refractivity contribution >= 4 is 5.97 Å². The van der Waals surface area contributed by atoms with Gasteiger partial charge < -0.3 is 23.5 Å². The summed E-state index contributed by atoms with van der Waals surface area (Å²) < 4.78 is 26.9. The van der Waals surface area contributed by atoms with Crippen LogP contribution in [0.25, 0.3) is 0 Å². The average Bonchev–Trinajstić information content (AvgIpc) is 3.07. The van der Waals surface area contributed by atoms with Gasteiger partial charge in [0.15, 0.2) is 0 Å². The van der Waals surface area contributed by atoms with Gasteiger partial charge in [0.1, 0.15) is 36.2 Å². The number of nitrogens with zero attached hydrogens (tertiary/aromatic N) is 1. The van der Waals surface area contributed by atoms with Crippen LogP contribution in [0.5, 0.6) is 17.2 Å². The number of hydrogen-bond donors (Lipinski definition) is 0. The Bertz CT molecular complexity index is 975. The van der Waals surface area contributed by atoms with Crippen LogP contribution >= 0.6 is 0 Å². The first-order valence-corrected chi connectivity index (χ1v) is 9.04. The van der Waals surface area contributed by atoms with E-state index in [1.54, 1.807) is 56.7 Å². The number of carbonyl (C=O) groups excluding carboxylic acids is 1. The van der Waals surface area contributed by atoms with Gasteiger partial charge in [-0.05, 0) is 50.2 Å². The molecule has 2 aromatic carbocycles. The largest absolute Gasteiger partial charge is 0.497 e. The van der Waals surface area contributed by atoms with Crippen molar-refractivity contribution in [1.29, 1.82) is 0 Å². The molecule has 0 atom stereocenters. The van der Waals surface area contributed by atoms with Gasteiger partial charge >= 0.3 is 5.97 Å². The highest BCUT2D eigenvalue weighted by atomic mass is 16.5. The Balaban J connectivity index is 1.65. The molecule has 0 saturated heterocycles. The zero-order valence-corrected chi connectivity index (χ0v) is 16.9. The van der Waals surface area contributed by atoms with E-state index >= 15 is 0 Å². The highest BCUT2D eigenvalue weighted by Gasteiger charge is 2.13. The predicted molar refractivity (Wildman–Crippen MR) is 105 cm³/mol. The van der Waals surface area contributed by atoms with Crippen molar-refractivity contribution < 1.29 is 28.3 Å². The van der Waals surface area contributed by atoms with Crippen molar-refractivity contribution in [3.8, 4) is 17.2 Å². The summed E-state index contributed by atoms with van der Waals surface area (Å²) in [6.45, 7) is 4.05. The van der Waals surface area contributed by atoms with Gasteiger partial charge in [0.25, 0.3) is 0 Å². The maximum atomic E-state index is 12.5. The first kappa shape index (κ1) is 20.3. The molecule has 3 aromatic rings. The Morgan fingerprint density at radius 1 is 1.00 bits per heavy atom. The van der Waals surface area contributed by atoms with Crippen LogP contribution in [-0.4, -0.2) is 25.3 Å². The molecule has 0 aliphatic heterocycles. The van der Waals surface area contributed by atoms with Gasteiger partial charge in [-0.1, -0.05) is 11.2 Å². The molecule has 0 aliphatic rings. The summed E-state index contributed by atoms with van der Waals surface area (Å²) in [6.07, 6.45) is 0. The van der Waals surface area contributed by atoms with Crippen LogP contribution in [0, 0.1) is 13.8 Å². The van der Waals surface area contributed by atoms with Gasteiger partial charge in [-0.25, -0.2) is 4.79 Å². The Morgan fingerprint density at radius 3 is 2.52 bits per heavy atom. The Kier molecular flexibility index (Phi) is 6.39. The van der Waals surface area contributed by atoms with E-state index in [0.717, 1.165) is 11.3 Å². The van der Waals surface area contributed by atoms with E-state index in [9.17, 15) is 4.79 Å². The number of benzene rings is 2. The molecule has 7 heteroatoms. The second kappa shape index (κ2) is 9.14. The van der Waals surface area contributed by atoms with Crippen LogP contribution in [0.15, 0.2) is 47.0 Å². The lowest BCUT2D eigenvalue weighted by atomic mass is 10.2. The Labute approximate surface area is 169 Å². The fourth-order valence-electron chi connectivity index (χ4n) is 2.80. The summed E-state index contributed by atoms with van der Waals surface area (Å²) in [5.41, 5.74) is 2.78. The molecule has 0 saturated carbocycles. The van der Waals surface area contributed by atoms with Crippen LogP contribution in [0.2, 0.25) is 0 Å². The molecule has 0 fully saturated rings.